The summed E-state index contributed by atoms with van der Waals surface area (Å²) < 4.78 is 7.12. The van der Waals surface area contributed by atoms with Gasteiger partial charge in [0.25, 0.3) is 0 Å². The monoisotopic (exact) mass is 274 g/mol. The van der Waals surface area contributed by atoms with Crippen LogP contribution >= 0.6 is 11.6 Å². The van der Waals surface area contributed by atoms with Crippen LogP contribution in [0.4, 0.5) is 0 Å². The summed E-state index contributed by atoms with van der Waals surface area (Å²) in [5.74, 6) is 0. The first-order valence-electron chi connectivity index (χ1n) is 6.10. The zero-order valence-corrected chi connectivity index (χ0v) is 12.3. The zero-order valence-electron chi connectivity index (χ0n) is 11.6. The van der Waals surface area contributed by atoms with Crippen LogP contribution in [-0.4, -0.2) is 48.5 Å². The van der Waals surface area contributed by atoms with Gasteiger partial charge in [-0.05, 0) is 27.4 Å². The zero-order chi connectivity index (χ0) is 13.7. The van der Waals surface area contributed by atoms with Crippen LogP contribution in [-0.2, 0) is 11.3 Å². The number of aromatic nitrogens is 2. The Kier molecular flexibility index (Phi) is 6.08. The summed E-state index contributed by atoms with van der Waals surface area (Å²) in [6.07, 6.45) is 2.49. The van der Waals surface area contributed by atoms with E-state index in [-0.39, 0.29) is 12.1 Å². The molecule has 0 spiro atoms. The third-order valence-electron chi connectivity index (χ3n) is 2.93. The largest absolute Gasteiger partial charge is 0.382 e. The van der Waals surface area contributed by atoms with Gasteiger partial charge in [0.05, 0.1) is 35.6 Å². The second kappa shape index (κ2) is 7.09. The van der Waals surface area contributed by atoms with E-state index >= 15 is 0 Å². The molecule has 104 valence electrons. The van der Waals surface area contributed by atoms with E-state index in [0.717, 1.165) is 25.2 Å². The molecular formula is C12H23ClN4O. The van der Waals surface area contributed by atoms with Crippen molar-refractivity contribution in [1.82, 2.24) is 14.7 Å². The molecule has 5 nitrogen and oxygen atoms in total. The van der Waals surface area contributed by atoms with Crippen molar-refractivity contribution >= 4 is 11.6 Å². The van der Waals surface area contributed by atoms with E-state index in [4.69, 9.17) is 22.1 Å². The lowest BCUT2D eigenvalue weighted by Crippen LogP contribution is -2.25. The number of methoxy groups -OCH3 is 1. The standard InChI is InChI=1S/C12H23ClN4O/c1-9(18-4)7-11(14)12-10(13)8-15-17(12)6-5-16(2)3/h8-9,11H,5-7,14H2,1-4H3. The molecule has 1 aromatic rings. The van der Waals surface area contributed by atoms with Gasteiger partial charge in [0.1, 0.15) is 0 Å². The number of hydrogen-bond donors (Lipinski definition) is 1. The fourth-order valence-corrected chi connectivity index (χ4v) is 2.06. The molecule has 18 heavy (non-hydrogen) atoms. The van der Waals surface area contributed by atoms with E-state index in [0.29, 0.717) is 5.02 Å². The fourth-order valence-electron chi connectivity index (χ4n) is 1.78. The number of nitrogens with two attached hydrogens (primary N) is 1. The van der Waals surface area contributed by atoms with Crippen LogP contribution in [0.2, 0.25) is 5.02 Å². The molecule has 2 unspecified atom stereocenters. The minimum Gasteiger partial charge on any atom is -0.382 e. The summed E-state index contributed by atoms with van der Waals surface area (Å²) in [6, 6.07) is -0.155. The van der Waals surface area contributed by atoms with Gasteiger partial charge in [-0.25, -0.2) is 0 Å². The molecule has 2 N–H and O–H groups in total. The lowest BCUT2D eigenvalue weighted by molar-refractivity contribution is 0.104. The summed E-state index contributed by atoms with van der Waals surface area (Å²) in [7, 11) is 5.73. The van der Waals surface area contributed by atoms with Crippen molar-refractivity contribution in [2.24, 2.45) is 5.73 Å². The summed E-state index contributed by atoms with van der Waals surface area (Å²) in [4.78, 5) is 2.10. The van der Waals surface area contributed by atoms with Crippen molar-refractivity contribution < 1.29 is 4.74 Å². The van der Waals surface area contributed by atoms with E-state index in [1.807, 2.05) is 25.7 Å². The van der Waals surface area contributed by atoms with Gasteiger partial charge >= 0.3 is 0 Å². The second-order valence-electron chi connectivity index (χ2n) is 4.79. The molecule has 1 aromatic heterocycles. The minimum absolute atomic E-state index is 0.105. The summed E-state index contributed by atoms with van der Waals surface area (Å²) in [5, 5.41) is 4.91. The highest BCUT2D eigenvalue weighted by atomic mass is 35.5. The highest BCUT2D eigenvalue weighted by molar-refractivity contribution is 6.31. The van der Waals surface area contributed by atoms with Gasteiger partial charge in [-0.3, -0.25) is 4.68 Å². The Balaban J connectivity index is 2.76. The first kappa shape index (κ1) is 15.4. The van der Waals surface area contributed by atoms with Gasteiger partial charge in [0.2, 0.25) is 0 Å². The molecule has 0 saturated heterocycles. The number of rotatable bonds is 7. The maximum atomic E-state index is 6.19. The topological polar surface area (TPSA) is 56.3 Å². The predicted octanol–water partition coefficient (Wildman–Crippen LogP) is 1.52. The summed E-state index contributed by atoms with van der Waals surface area (Å²) >= 11 is 6.16. The van der Waals surface area contributed by atoms with Crippen molar-refractivity contribution in [3.8, 4) is 0 Å². The molecule has 0 bridgehead atoms. The van der Waals surface area contributed by atoms with Gasteiger partial charge in [-0.15, -0.1) is 0 Å². The van der Waals surface area contributed by atoms with Gasteiger partial charge in [-0.1, -0.05) is 11.6 Å². The van der Waals surface area contributed by atoms with Gasteiger partial charge < -0.3 is 15.4 Å². The number of nitrogens with zero attached hydrogens (tertiary/aromatic N) is 3. The number of halogens is 1. The van der Waals surface area contributed by atoms with Crippen molar-refractivity contribution in [1.29, 1.82) is 0 Å². The van der Waals surface area contributed by atoms with Crippen molar-refractivity contribution in [3.05, 3.63) is 16.9 Å². The van der Waals surface area contributed by atoms with E-state index in [2.05, 4.69) is 10.00 Å². The molecular weight excluding hydrogens is 252 g/mol. The molecule has 0 radical (unpaired) electrons. The van der Waals surface area contributed by atoms with Crippen molar-refractivity contribution in [2.45, 2.75) is 32.0 Å². The lowest BCUT2D eigenvalue weighted by atomic mass is 10.1. The molecule has 1 heterocycles. The van der Waals surface area contributed by atoms with Crippen LogP contribution in [0, 0.1) is 0 Å². The average molecular weight is 275 g/mol. The van der Waals surface area contributed by atoms with E-state index < -0.39 is 0 Å². The second-order valence-corrected chi connectivity index (χ2v) is 5.20. The Morgan fingerprint density at radius 3 is 2.78 bits per heavy atom. The van der Waals surface area contributed by atoms with E-state index in [1.54, 1.807) is 13.3 Å². The Bertz CT molecular complexity index is 367. The molecule has 0 fully saturated rings. The first-order valence-corrected chi connectivity index (χ1v) is 6.47. The fraction of sp³-hybridized carbons (Fsp3) is 0.750. The van der Waals surface area contributed by atoms with Crippen LogP contribution in [0.5, 0.6) is 0 Å². The number of hydrogen-bond acceptors (Lipinski definition) is 4. The maximum Gasteiger partial charge on any atom is 0.0834 e. The molecule has 0 aliphatic rings. The van der Waals surface area contributed by atoms with Gasteiger partial charge in [0, 0.05) is 13.7 Å². The third-order valence-corrected chi connectivity index (χ3v) is 3.22. The van der Waals surface area contributed by atoms with Crippen LogP contribution < -0.4 is 5.73 Å². The maximum absolute atomic E-state index is 6.19. The summed E-state index contributed by atoms with van der Waals surface area (Å²) in [5.41, 5.74) is 7.08. The molecule has 0 aliphatic heterocycles. The van der Waals surface area contributed by atoms with Crippen LogP contribution in [0.25, 0.3) is 0 Å². The Labute approximate surface area is 114 Å². The van der Waals surface area contributed by atoms with Gasteiger partial charge in [-0.2, -0.15) is 5.10 Å². The molecule has 1 rings (SSSR count). The smallest absolute Gasteiger partial charge is 0.0834 e. The first-order chi connectivity index (χ1) is 8.45. The number of ether oxygens (including phenoxy) is 1. The minimum atomic E-state index is -0.155. The SMILES string of the molecule is COC(C)CC(N)c1c(Cl)cnn1CCN(C)C. The van der Waals surface area contributed by atoms with Crippen molar-refractivity contribution in [3.63, 3.8) is 0 Å². The summed E-state index contributed by atoms with van der Waals surface area (Å²) in [6.45, 7) is 3.68. The normalized spacial score (nSPS) is 15.1. The van der Waals surface area contributed by atoms with Crippen LogP contribution in [0.15, 0.2) is 6.20 Å². The Hall–Kier alpha value is -0.620. The molecule has 6 heteroatoms. The van der Waals surface area contributed by atoms with Crippen LogP contribution in [0.1, 0.15) is 25.1 Å². The molecule has 0 saturated carbocycles. The number of likely N-dealkylation sites (N-methyl/N-ethyl adjacent to an activating group) is 1. The highest BCUT2D eigenvalue weighted by Crippen LogP contribution is 2.24. The van der Waals surface area contributed by atoms with Crippen LogP contribution in [0.3, 0.4) is 0 Å². The molecule has 2 atom stereocenters. The highest BCUT2D eigenvalue weighted by Gasteiger charge is 2.19. The van der Waals surface area contributed by atoms with E-state index in [1.165, 1.54) is 0 Å². The Morgan fingerprint density at radius 2 is 2.22 bits per heavy atom. The average Bonchev–Trinajstić information content (AvgIpc) is 2.67. The lowest BCUT2D eigenvalue weighted by Gasteiger charge is -2.19. The Morgan fingerprint density at radius 1 is 1.56 bits per heavy atom. The predicted molar refractivity (Wildman–Crippen MR) is 73.8 cm³/mol. The van der Waals surface area contributed by atoms with Crippen molar-refractivity contribution in [2.75, 3.05) is 27.7 Å². The van der Waals surface area contributed by atoms with Gasteiger partial charge in [0.15, 0.2) is 0 Å². The molecule has 0 aromatic carbocycles. The third kappa shape index (κ3) is 4.24. The van der Waals surface area contributed by atoms with E-state index in [9.17, 15) is 0 Å². The molecule has 0 amide bonds. The quantitative estimate of drug-likeness (QED) is 0.819. The molecule has 0 aliphatic carbocycles.